The fourth-order valence-electron chi connectivity index (χ4n) is 3.21. The zero-order chi connectivity index (χ0) is 18.0. The van der Waals surface area contributed by atoms with Crippen LogP contribution in [-0.4, -0.2) is 72.9 Å². The van der Waals surface area contributed by atoms with E-state index in [1.54, 1.807) is 6.07 Å². The van der Waals surface area contributed by atoms with Gasteiger partial charge >= 0.3 is 5.97 Å². The normalized spacial score (nSPS) is 19.6. The predicted molar refractivity (Wildman–Crippen MR) is 94.9 cm³/mol. The number of carbonyl (C=O) groups excluding carboxylic acids is 1. The smallest absolute Gasteiger partial charge is 0.356 e. The highest BCUT2D eigenvalue weighted by atomic mass is 16.5. The summed E-state index contributed by atoms with van der Waals surface area (Å²) in [5.41, 5.74) is 1.38. The van der Waals surface area contributed by atoms with Crippen molar-refractivity contribution in [2.45, 2.75) is 32.7 Å². The molecule has 0 unspecified atom stereocenters. The molecule has 2 aliphatic heterocycles. The number of methoxy groups -OCH3 is 1. The lowest BCUT2D eigenvalue weighted by molar-refractivity contribution is -0.0316. The third-order valence-electron chi connectivity index (χ3n) is 4.88. The third-order valence-corrected chi connectivity index (χ3v) is 4.88. The number of esters is 1. The van der Waals surface area contributed by atoms with Crippen molar-refractivity contribution < 1.29 is 14.3 Å². The van der Waals surface area contributed by atoms with Gasteiger partial charge in [-0.25, -0.2) is 14.8 Å². The minimum atomic E-state index is -0.414. The molecule has 2 aliphatic rings. The second-order valence-electron chi connectivity index (χ2n) is 7.79. The Labute approximate surface area is 149 Å². The Morgan fingerprint density at radius 2 is 1.92 bits per heavy atom. The van der Waals surface area contributed by atoms with Gasteiger partial charge in [0.1, 0.15) is 0 Å². The van der Waals surface area contributed by atoms with Gasteiger partial charge in [-0.2, -0.15) is 0 Å². The van der Waals surface area contributed by atoms with Gasteiger partial charge in [-0.1, -0.05) is 0 Å². The van der Waals surface area contributed by atoms with Gasteiger partial charge in [0.15, 0.2) is 5.69 Å². The number of ether oxygens (including phenoxy) is 2. The fourth-order valence-corrected chi connectivity index (χ4v) is 3.21. The Kier molecular flexibility index (Phi) is 5.24. The molecule has 0 spiro atoms. The maximum Gasteiger partial charge on any atom is 0.356 e. The number of nitrogens with zero attached hydrogens (tertiary/aromatic N) is 4. The average Bonchev–Trinajstić information content (AvgIpc) is 2.56. The molecule has 3 rings (SSSR count). The fraction of sp³-hybridized carbons (Fsp3) is 0.722. The summed E-state index contributed by atoms with van der Waals surface area (Å²) in [5, 5.41) is 0. The van der Waals surface area contributed by atoms with E-state index in [4.69, 9.17) is 14.5 Å². The first-order valence-electron chi connectivity index (χ1n) is 8.91. The number of hydrogen-bond acceptors (Lipinski definition) is 7. The maximum absolute atomic E-state index is 12.0. The molecule has 2 saturated heterocycles. The Morgan fingerprint density at radius 3 is 2.44 bits per heavy atom. The Morgan fingerprint density at radius 1 is 1.24 bits per heavy atom. The van der Waals surface area contributed by atoms with Gasteiger partial charge in [-0.15, -0.1) is 0 Å². The van der Waals surface area contributed by atoms with Gasteiger partial charge in [-0.05, 0) is 33.3 Å². The summed E-state index contributed by atoms with van der Waals surface area (Å²) in [7, 11) is 1.38. The second kappa shape index (κ2) is 7.25. The number of rotatable bonds is 4. The zero-order valence-corrected chi connectivity index (χ0v) is 15.6. The van der Waals surface area contributed by atoms with Crippen LogP contribution in [0.15, 0.2) is 6.07 Å². The molecule has 0 bridgehead atoms. The van der Waals surface area contributed by atoms with Crippen molar-refractivity contribution in [2.24, 2.45) is 5.92 Å². The quantitative estimate of drug-likeness (QED) is 0.761. The predicted octanol–water partition coefficient (Wildman–Crippen LogP) is 1.37. The Balaban J connectivity index is 1.77. The molecule has 0 atom stereocenters. The van der Waals surface area contributed by atoms with Crippen LogP contribution in [0.3, 0.4) is 0 Å². The molecule has 0 radical (unpaired) electrons. The van der Waals surface area contributed by atoms with Crippen molar-refractivity contribution >= 4 is 11.9 Å². The molecule has 0 aliphatic carbocycles. The summed E-state index contributed by atoms with van der Waals surface area (Å²) in [6.07, 6.45) is 0.807. The number of aromatic nitrogens is 2. The molecule has 0 amide bonds. The number of anilines is 1. The zero-order valence-electron chi connectivity index (χ0n) is 15.6. The molecule has 7 nitrogen and oxygen atoms in total. The third kappa shape index (κ3) is 4.27. The molecule has 0 saturated carbocycles. The molecule has 25 heavy (non-hydrogen) atoms. The van der Waals surface area contributed by atoms with E-state index in [2.05, 4.69) is 35.6 Å². The minimum absolute atomic E-state index is 0.163. The van der Waals surface area contributed by atoms with Crippen LogP contribution in [0.1, 0.15) is 37.0 Å². The van der Waals surface area contributed by atoms with Gasteiger partial charge in [0, 0.05) is 43.3 Å². The highest BCUT2D eigenvalue weighted by Crippen LogP contribution is 2.21. The van der Waals surface area contributed by atoms with Crippen molar-refractivity contribution in [3.63, 3.8) is 0 Å². The molecular weight excluding hydrogens is 320 g/mol. The van der Waals surface area contributed by atoms with Crippen LogP contribution >= 0.6 is 0 Å². The van der Waals surface area contributed by atoms with E-state index in [0.717, 1.165) is 51.5 Å². The van der Waals surface area contributed by atoms with Crippen molar-refractivity contribution in [1.82, 2.24) is 14.9 Å². The van der Waals surface area contributed by atoms with E-state index >= 15 is 0 Å². The topological polar surface area (TPSA) is 67.8 Å². The summed E-state index contributed by atoms with van der Waals surface area (Å²) < 4.78 is 10.1. The minimum Gasteiger partial charge on any atom is -0.464 e. The summed E-state index contributed by atoms with van der Waals surface area (Å²) in [6, 6.07) is 1.75. The SMILES string of the molecule is COC(=O)c1cc(CC2COC2)nc(N2CCN(C(C)(C)C)CC2)n1. The van der Waals surface area contributed by atoms with Crippen molar-refractivity contribution in [2.75, 3.05) is 51.4 Å². The molecule has 138 valence electrons. The summed E-state index contributed by atoms with van der Waals surface area (Å²) in [4.78, 5) is 25.8. The van der Waals surface area contributed by atoms with Gasteiger partial charge in [0.2, 0.25) is 5.95 Å². The Bertz CT molecular complexity index is 617. The van der Waals surface area contributed by atoms with Crippen molar-refractivity contribution in [3.05, 3.63) is 17.5 Å². The summed E-state index contributed by atoms with van der Waals surface area (Å²) in [5.74, 6) is 0.695. The lowest BCUT2D eigenvalue weighted by Crippen LogP contribution is -2.53. The van der Waals surface area contributed by atoms with E-state index in [1.165, 1.54) is 7.11 Å². The number of hydrogen-bond donors (Lipinski definition) is 0. The number of carbonyl (C=O) groups is 1. The first-order valence-corrected chi connectivity index (χ1v) is 8.91. The average molecular weight is 348 g/mol. The number of piperazine rings is 1. The molecule has 7 heteroatoms. The van der Waals surface area contributed by atoms with Gasteiger partial charge < -0.3 is 14.4 Å². The lowest BCUT2D eigenvalue weighted by Gasteiger charge is -2.42. The van der Waals surface area contributed by atoms with E-state index in [1.807, 2.05) is 0 Å². The molecule has 0 aromatic carbocycles. The van der Waals surface area contributed by atoms with E-state index in [-0.39, 0.29) is 5.54 Å². The van der Waals surface area contributed by atoms with Crippen LogP contribution in [0, 0.1) is 5.92 Å². The molecule has 2 fully saturated rings. The standard InChI is InChI=1S/C18H28N4O3/c1-18(2,3)22-7-5-21(6-8-22)17-19-14(9-13-11-25-12-13)10-15(20-17)16(23)24-4/h10,13H,5-9,11-12H2,1-4H3. The second-order valence-corrected chi connectivity index (χ2v) is 7.79. The highest BCUT2D eigenvalue weighted by Gasteiger charge is 2.28. The van der Waals surface area contributed by atoms with Crippen LogP contribution in [0.4, 0.5) is 5.95 Å². The molecule has 3 heterocycles. The summed E-state index contributed by atoms with van der Waals surface area (Å²) >= 11 is 0. The highest BCUT2D eigenvalue weighted by molar-refractivity contribution is 5.87. The van der Waals surface area contributed by atoms with Crippen LogP contribution < -0.4 is 4.90 Å². The molecule has 1 aromatic rings. The first kappa shape index (κ1) is 18.1. The van der Waals surface area contributed by atoms with E-state index < -0.39 is 5.97 Å². The largest absolute Gasteiger partial charge is 0.464 e. The van der Waals surface area contributed by atoms with Crippen LogP contribution in [0.2, 0.25) is 0 Å². The van der Waals surface area contributed by atoms with E-state index in [9.17, 15) is 4.79 Å². The first-order chi connectivity index (χ1) is 11.9. The van der Waals surface area contributed by atoms with Crippen LogP contribution in [-0.2, 0) is 15.9 Å². The molecule has 0 N–H and O–H groups in total. The Hall–Kier alpha value is -1.73. The van der Waals surface area contributed by atoms with Crippen molar-refractivity contribution in [1.29, 1.82) is 0 Å². The van der Waals surface area contributed by atoms with Gasteiger partial charge in [0.05, 0.1) is 20.3 Å². The molecule has 1 aromatic heterocycles. The molecular formula is C18H28N4O3. The van der Waals surface area contributed by atoms with Crippen LogP contribution in [0.5, 0.6) is 0 Å². The van der Waals surface area contributed by atoms with Gasteiger partial charge in [-0.3, -0.25) is 4.90 Å². The van der Waals surface area contributed by atoms with Crippen LogP contribution in [0.25, 0.3) is 0 Å². The maximum atomic E-state index is 12.0. The van der Waals surface area contributed by atoms with Crippen molar-refractivity contribution in [3.8, 4) is 0 Å². The lowest BCUT2D eigenvalue weighted by atomic mass is 10.0. The summed E-state index contributed by atoms with van der Waals surface area (Å²) in [6.45, 7) is 11.8. The van der Waals surface area contributed by atoms with Gasteiger partial charge in [0.25, 0.3) is 0 Å². The van der Waals surface area contributed by atoms with E-state index in [0.29, 0.717) is 17.6 Å². The monoisotopic (exact) mass is 348 g/mol.